The molecule has 0 aliphatic heterocycles. The molecule has 1 aromatic rings. The summed E-state index contributed by atoms with van der Waals surface area (Å²) in [6.07, 6.45) is 2.57. The number of primary sulfonamides is 1. The van der Waals surface area contributed by atoms with Gasteiger partial charge < -0.3 is 4.74 Å². The Hall–Kier alpha value is -0.920. The van der Waals surface area contributed by atoms with Crippen LogP contribution in [0.5, 0.6) is 0 Å². The molecule has 1 rings (SSSR count). The molecule has 1 heterocycles. The summed E-state index contributed by atoms with van der Waals surface area (Å²) in [5, 5.41) is 8.77. The topological polar surface area (TPSA) is 87.2 Å². The first-order chi connectivity index (χ1) is 6.43. The highest BCUT2D eigenvalue weighted by atomic mass is 32.2. The van der Waals surface area contributed by atoms with Gasteiger partial charge in [-0.2, -0.15) is 5.10 Å². The average molecular weight is 219 g/mol. The standard InChI is InChI=1S/C7H13N3O3S/c1-6(13-2)4-10-5-7(3-9-10)14(8,11)12/h3,5-6H,4H2,1-2H3,(H2,8,11,12). The van der Waals surface area contributed by atoms with E-state index < -0.39 is 10.0 Å². The predicted molar refractivity (Wildman–Crippen MR) is 50.1 cm³/mol. The van der Waals surface area contributed by atoms with Crippen molar-refractivity contribution in [3.63, 3.8) is 0 Å². The predicted octanol–water partition coefficient (Wildman–Crippen LogP) is -0.435. The molecule has 0 aromatic carbocycles. The lowest BCUT2D eigenvalue weighted by Crippen LogP contribution is -2.15. The Morgan fingerprint density at radius 2 is 2.36 bits per heavy atom. The van der Waals surface area contributed by atoms with E-state index in [-0.39, 0.29) is 11.0 Å². The lowest BCUT2D eigenvalue weighted by atomic mass is 10.4. The largest absolute Gasteiger partial charge is 0.380 e. The minimum atomic E-state index is -3.65. The SMILES string of the molecule is COC(C)Cn1cc(S(N)(=O)=O)cn1. The summed E-state index contributed by atoms with van der Waals surface area (Å²) in [5.41, 5.74) is 0. The van der Waals surface area contributed by atoms with Gasteiger partial charge in [-0.15, -0.1) is 0 Å². The molecular formula is C7H13N3O3S. The van der Waals surface area contributed by atoms with Gasteiger partial charge in [-0.3, -0.25) is 4.68 Å². The molecule has 0 amide bonds. The van der Waals surface area contributed by atoms with Crippen LogP contribution in [0.2, 0.25) is 0 Å². The Bertz CT molecular complexity index is 398. The number of hydrogen-bond acceptors (Lipinski definition) is 4. The number of nitrogens with zero attached hydrogens (tertiary/aromatic N) is 2. The molecular weight excluding hydrogens is 206 g/mol. The van der Waals surface area contributed by atoms with E-state index in [0.717, 1.165) is 0 Å². The first-order valence-electron chi connectivity index (χ1n) is 4.01. The Balaban J connectivity index is 2.79. The van der Waals surface area contributed by atoms with E-state index in [1.54, 1.807) is 7.11 Å². The molecule has 0 saturated heterocycles. The van der Waals surface area contributed by atoms with Crippen molar-refractivity contribution in [2.75, 3.05) is 7.11 Å². The van der Waals surface area contributed by atoms with E-state index in [0.29, 0.717) is 6.54 Å². The van der Waals surface area contributed by atoms with Crippen LogP contribution in [-0.2, 0) is 21.3 Å². The van der Waals surface area contributed by atoms with Crippen LogP contribution in [-0.4, -0.2) is 31.4 Å². The van der Waals surface area contributed by atoms with Gasteiger partial charge in [0.25, 0.3) is 0 Å². The molecule has 0 aliphatic carbocycles. The van der Waals surface area contributed by atoms with Crippen molar-refractivity contribution in [3.05, 3.63) is 12.4 Å². The van der Waals surface area contributed by atoms with Crippen LogP contribution in [0, 0.1) is 0 Å². The van der Waals surface area contributed by atoms with Gasteiger partial charge in [0.15, 0.2) is 0 Å². The van der Waals surface area contributed by atoms with Crippen molar-refractivity contribution >= 4 is 10.0 Å². The minimum absolute atomic E-state index is 0.0146. The molecule has 7 heteroatoms. The van der Waals surface area contributed by atoms with Crippen LogP contribution in [0.4, 0.5) is 0 Å². The van der Waals surface area contributed by atoms with Gasteiger partial charge in [-0.1, -0.05) is 0 Å². The molecule has 0 radical (unpaired) electrons. The number of aromatic nitrogens is 2. The van der Waals surface area contributed by atoms with Gasteiger partial charge in [-0.25, -0.2) is 13.6 Å². The number of rotatable bonds is 4. The van der Waals surface area contributed by atoms with Crippen molar-refractivity contribution in [1.29, 1.82) is 0 Å². The van der Waals surface area contributed by atoms with Crippen LogP contribution in [0.15, 0.2) is 17.3 Å². The number of nitrogens with two attached hydrogens (primary N) is 1. The zero-order valence-electron chi connectivity index (χ0n) is 8.04. The van der Waals surface area contributed by atoms with Crippen LogP contribution >= 0.6 is 0 Å². The molecule has 1 unspecified atom stereocenters. The third-order valence-corrected chi connectivity index (χ3v) is 2.65. The normalized spacial score (nSPS) is 14.2. The van der Waals surface area contributed by atoms with Gasteiger partial charge >= 0.3 is 0 Å². The summed E-state index contributed by atoms with van der Waals surface area (Å²) in [6, 6.07) is 0. The van der Waals surface area contributed by atoms with Gasteiger partial charge in [0.1, 0.15) is 4.90 Å². The minimum Gasteiger partial charge on any atom is -0.380 e. The highest BCUT2D eigenvalue weighted by Crippen LogP contribution is 2.04. The van der Waals surface area contributed by atoms with Crippen LogP contribution in [0.3, 0.4) is 0 Å². The monoisotopic (exact) mass is 219 g/mol. The molecule has 1 atom stereocenters. The van der Waals surface area contributed by atoms with Crippen molar-refractivity contribution in [2.24, 2.45) is 5.14 Å². The second-order valence-electron chi connectivity index (χ2n) is 2.99. The number of hydrogen-bond donors (Lipinski definition) is 1. The van der Waals surface area contributed by atoms with E-state index in [9.17, 15) is 8.42 Å². The summed E-state index contributed by atoms with van der Waals surface area (Å²) in [7, 11) is -2.07. The number of ether oxygens (including phenoxy) is 1. The van der Waals surface area contributed by atoms with Gasteiger partial charge in [0.05, 0.1) is 18.8 Å². The summed E-state index contributed by atoms with van der Waals surface area (Å²) in [5.74, 6) is 0. The van der Waals surface area contributed by atoms with E-state index in [1.807, 2.05) is 6.92 Å². The maximum atomic E-state index is 10.9. The van der Waals surface area contributed by atoms with E-state index in [4.69, 9.17) is 9.88 Å². The summed E-state index contributed by atoms with van der Waals surface area (Å²) in [6.45, 7) is 2.35. The zero-order valence-corrected chi connectivity index (χ0v) is 8.86. The molecule has 0 fully saturated rings. The summed E-state index contributed by atoms with van der Waals surface area (Å²) in [4.78, 5) is 0.0146. The molecule has 14 heavy (non-hydrogen) atoms. The maximum absolute atomic E-state index is 10.9. The summed E-state index contributed by atoms with van der Waals surface area (Å²) < 4.78 is 28.3. The fraction of sp³-hybridized carbons (Fsp3) is 0.571. The molecule has 0 saturated carbocycles. The molecule has 0 aliphatic rings. The third-order valence-electron chi connectivity index (χ3n) is 1.78. The fourth-order valence-electron chi connectivity index (χ4n) is 0.929. The lowest BCUT2D eigenvalue weighted by Gasteiger charge is -2.08. The Morgan fingerprint density at radius 1 is 1.71 bits per heavy atom. The first kappa shape index (κ1) is 11.2. The second-order valence-corrected chi connectivity index (χ2v) is 4.55. The summed E-state index contributed by atoms with van der Waals surface area (Å²) >= 11 is 0. The maximum Gasteiger partial charge on any atom is 0.241 e. The quantitative estimate of drug-likeness (QED) is 0.744. The van der Waals surface area contributed by atoms with Gasteiger partial charge in [0.2, 0.25) is 10.0 Å². The Kier molecular flexibility index (Phi) is 3.25. The van der Waals surface area contributed by atoms with Gasteiger partial charge in [0, 0.05) is 13.3 Å². The third kappa shape index (κ3) is 2.79. The molecule has 0 bridgehead atoms. The molecule has 0 spiro atoms. The van der Waals surface area contributed by atoms with E-state index in [2.05, 4.69) is 5.10 Å². The highest BCUT2D eigenvalue weighted by molar-refractivity contribution is 7.89. The van der Waals surface area contributed by atoms with Crippen LogP contribution in [0.1, 0.15) is 6.92 Å². The van der Waals surface area contributed by atoms with Crippen molar-refractivity contribution in [1.82, 2.24) is 9.78 Å². The van der Waals surface area contributed by atoms with Crippen molar-refractivity contribution in [3.8, 4) is 0 Å². The lowest BCUT2D eigenvalue weighted by molar-refractivity contribution is 0.0997. The first-order valence-corrected chi connectivity index (χ1v) is 5.56. The molecule has 1 aromatic heterocycles. The molecule has 2 N–H and O–H groups in total. The van der Waals surface area contributed by atoms with Crippen molar-refractivity contribution < 1.29 is 13.2 Å². The Morgan fingerprint density at radius 3 is 2.79 bits per heavy atom. The van der Waals surface area contributed by atoms with Gasteiger partial charge in [-0.05, 0) is 6.92 Å². The number of sulfonamides is 1. The van der Waals surface area contributed by atoms with Crippen LogP contribution < -0.4 is 5.14 Å². The zero-order chi connectivity index (χ0) is 10.8. The van der Waals surface area contributed by atoms with Crippen molar-refractivity contribution in [2.45, 2.75) is 24.5 Å². The van der Waals surface area contributed by atoms with Crippen LogP contribution in [0.25, 0.3) is 0 Å². The van der Waals surface area contributed by atoms with E-state index >= 15 is 0 Å². The average Bonchev–Trinajstić information content (AvgIpc) is 2.51. The highest BCUT2D eigenvalue weighted by Gasteiger charge is 2.11. The number of methoxy groups -OCH3 is 1. The second kappa shape index (κ2) is 4.07. The Labute approximate surface area is 82.7 Å². The smallest absolute Gasteiger partial charge is 0.241 e. The fourth-order valence-corrected chi connectivity index (χ4v) is 1.39. The van der Waals surface area contributed by atoms with E-state index in [1.165, 1.54) is 17.1 Å². The molecule has 6 nitrogen and oxygen atoms in total. The molecule has 80 valence electrons.